The molecule has 2 amide bonds. The number of anilines is 1. The van der Waals surface area contributed by atoms with Crippen LogP contribution >= 0.6 is 0 Å². The molecule has 0 bridgehead atoms. The first-order valence-corrected chi connectivity index (χ1v) is 7.27. The third kappa shape index (κ3) is 7.42. The van der Waals surface area contributed by atoms with Gasteiger partial charge in [0.15, 0.2) is 0 Å². The van der Waals surface area contributed by atoms with Crippen LogP contribution in [0.15, 0.2) is 24.3 Å². The van der Waals surface area contributed by atoms with Gasteiger partial charge < -0.3 is 20.2 Å². The average molecular weight is 322 g/mol. The maximum atomic E-state index is 12.3. The largest absolute Gasteiger partial charge is 0.481 e. The quantitative estimate of drug-likeness (QED) is 0.651. The fraction of sp³-hybridized carbons (Fsp3) is 0.438. The summed E-state index contributed by atoms with van der Waals surface area (Å²) in [7, 11) is 5.80. The third-order valence-electron chi connectivity index (χ3n) is 2.99. The van der Waals surface area contributed by atoms with Crippen molar-refractivity contribution in [3.8, 4) is 0 Å². The summed E-state index contributed by atoms with van der Waals surface area (Å²) in [6.45, 7) is 1.91. The highest BCUT2D eigenvalue weighted by atomic mass is 16.4. The second kappa shape index (κ2) is 7.73. The minimum Gasteiger partial charge on any atom is -0.481 e. The molecule has 1 aromatic carbocycles. The Balaban J connectivity index is 2.77. The molecular formula is C16H24N3O4+. The van der Waals surface area contributed by atoms with Crippen LogP contribution in [0.3, 0.4) is 0 Å². The Bertz CT molecular complexity index is 576. The molecule has 7 nitrogen and oxygen atoms in total. The van der Waals surface area contributed by atoms with Gasteiger partial charge in [0, 0.05) is 18.2 Å². The van der Waals surface area contributed by atoms with Crippen molar-refractivity contribution in [1.82, 2.24) is 5.32 Å². The van der Waals surface area contributed by atoms with Gasteiger partial charge >= 0.3 is 5.97 Å². The van der Waals surface area contributed by atoms with Crippen LogP contribution in [0.1, 0.15) is 23.7 Å². The van der Waals surface area contributed by atoms with Gasteiger partial charge in [0.1, 0.15) is 0 Å². The molecule has 0 unspecified atom stereocenters. The normalized spacial score (nSPS) is 12.3. The molecule has 0 heterocycles. The number of quaternary nitrogens is 1. The van der Waals surface area contributed by atoms with Crippen LogP contribution in [0.4, 0.5) is 5.69 Å². The number of nitrogens with zero attached hydrogens (tertiary/aromatic N) is 1. The second-order valence-electron chi connectivity index (χ2n) is 6.50. The van der Waals surface area contributed by atoms with Crippen molar-refractivity contribution in [3.63, 3.8) is 0 Å². The molecule has 0 saturated carbocycles. The summed E-state index contributed by atoms with van der Waals surface area (Å²) in [4.78, 5) is 34.2. The maximum Gasteiger partial charge on any atom is 0.305 e. The predicted octanol–water partition coefficient (Wildman–Crippen LogP) is 0.924. The number of carbonyl (C=O) groups is 3. The lowest BCUT2D eigenvalue weighted by Gasteiger charge is -2.29. The number of carboxylic acids is 1. The number of aliphatic carboxylic acids is 1. The van der Waals surface area contributed by atoms with E-state index < -0.39 is 12.0 Å². The third-order valence-corrected chi connectivity index (χ3v) is 2.99. The highest BCUT2D eigenvalue weighted by Crippen LogP contribution is 2.10. The van der Waals surface area contributed by atoms with Crippen molar-refractivity contribution in [3.05, 3.63) is 29.8 Å². The van der Waals surface area contributed by atoms with Crippen LogP contribution in [0.25, 0.3) is 0 Å². The van der Waals surface area contributed by atoms with Gasteiger partial charge in [-0.15, -0.1) is 0 Å². The summed E-state index contributed by atoms with van der Waals surface area (Å²) in [6, 6.07) is 5.97. The summed E-state index contributed by atoms with van der Waals surface area (Å²) in [5, 5.41) is 14.4. The number of benzene rings is 1. The zero-order valence-electron chi connectivity index (χ0n) is 13.9. The Kier molecular flexibility index (Phi) is 6.27. The number of hydrogen-bond donors (Lipinski definition) is 3. The first kappa shape index (κ1) is 18.6. The second-order valence-corrected chi connectivity index (χ2v) is 6.50. The van der Waals surface area contributed by atoms with E-state index in [1.165, 1.54) is 6.92 Å². The van der Waals surface area contributed by atoms with Crippen molar-refractivity contribution < 1.29 is 24.0 Å². The maximum absolute atomic E-state index is 12.3. The molecule has 0 aliphatic rings. The number of carbonyl (C=O) groups excluding carboxylic acids is 2. The van der Waals surface area contributed by atoms with Gasteiger partial charge in [-0.1, -0.05) is 0 Å². The summed E-state index contributed by atoms with van der Waals surface area (Å²) < 4.78 is 0.541. The van der Waals surface area contributed by atoms with E-state index in [1.54, 1.807) is 24.3 Å². The van der Waals surface area contributed by atoms with Gasteiger partial charge in [-0.3, -0.25) is 14.4 Å². The number of hydrogen-bond acceptors (Lipinski definition) is 3. The number of amides is 2. The van der Waals surface area contributed by atoms with E-state index in [4.69, 9.17) is 5.11 Å². The summed E-state index contributed by atoms with van der Waals surface area (Å²) >= 11 is 0. The molecule has 1 atom stereocenters. The first-order chi connectivity index (χ1) is 10.6. The fourth-order valence-corrected chi connectivity index (χ4v) is 2.21. The smallest absolute Gasteiger partial charge is 0.305 e. The van der Waals surface area contributed by atoms with E-state index in [0.29, 0.717) is 22.3 Å². The number of nitrogens with one attached hydrogen (secondary N) is 2. The van der Waals surface area contributed by atoms with Crippen LogP contribution in [-0.4, -0.2) is 61.1 Å². The average Bonchev–Trinajstić information content (AvgIpc) is 2.35. The molecule has 0 spiro atoms. The van der Waals surface area contributed by atoms with Gasteiger partial charge in [0.25, 0.3) is 5.91 Å². The van der Waals surface area contributed by atoms with Crippen molar-refractivity contribution in [2.24, 2.45) is 0 Å². The van der Waals surface area contributed by atoms with E-state index in [9.17, 15) is 14.4 Å². The van der Waals surface area contributed by atoms with Crippen LogP contribution in [-0.2, 0) is 9.59 Å². The van der Waals surface area contributed by atoms with Gasteiger partial charge in [0.2, 0.25) is 5.91 Å². The van der Waals surface area contributed by atoms with Crippen molar-refractivity contribution >= 4 is 23.5 Å². The summed E-state index contributed by atoms with van der Waals surface area (Å²) in [5.74, 6) is -1.48. The number of rotatable bonds is 7. The van der Waals surface area contributed by atoms with Crippen LogP contribution < -0.4 is 10.6 Å². The molecule has 126 valence electrons. The Morgan fingerprint density at radius 1 is 1.13 bits per heavy atom. The Morgan fingerprint density at radius 2 is 1.70 bits per heavy atom. The Morgan fingerprint density at radius 3 is 2.13 bits per heavy atom. The SMILES string of the molecule is CC(=O)Nc1ccc(C(=O)N[C@H](CC(=O)O)C[N+](C)(C)C)cc1. The lowest BCUT2D eigenvalue weighted by Crippen LogP contribution is -2.49. The van der Waals surface area contributed by atoms with Crippen molar-refractivity contribution in [2.45, 2.75) is 19.4 Å². The monoisotopic (exact) mass is 322 g/mol. The van der Waals surface area contributed by atoms with Gasteiger partial charge in [0.05, 0.1) is 40.2 Å². The molecular weight excluding hydrogens is 298 g/mol. The molecule has 0 aliphatic carbocycles. The molecule has 1 rings (SSSR count). The highest BCUT2D eigenvalue weighted by Gasteiger charge is 2.23. The molecule has 0 fully saturated rings. The van der Waals surface area contributed by atoms with Crippen molar-refractivity contribution in [1.29, 1.82) is 0 Å². The van der Waals surface area contributed by atoms with Crippen LogP contribution in [0.5, 0.6) is 0 Å². The fourth-order valence-electron chi connectivity index (χ4n) is 2.21. The highest BCUT2D eigenvalue weighted by molar-refractivity contribution is 5.95. The minimum atomic E-state index is -0.954. The van der Waals surface area contributed by atoms with E-state index in [-0.39, 0.29) is 18.2 Å². The van der Waals surface area contributed by atoms with Gasteiger partial charge in [-0.25, -0.2) is 0 Å². The Labute approximate surface area is 135 Å². The van der Waals surface area contributed by atoms with E-state index in [2.05, 4.69) is 10.6 Å². The van der Waals surface area contributed by atoms with E-state index in [0.717, 1.165) is 0 Å². The lowest BCUT2D eigenvalue weighted by molar-refractivity contribution is -0.871. The van der Waals surface area contributed by atoms with Crippen molar-refractivity contribution in [2.75, 3.05) is 33.0 Å². The van der Waals surface area contributed by atoms with Crippen LogP contribution in [0.2, 0.25) is 0 Å². The van der Waals surface area contributed by atoms with E-state index >= 15 is 0 Å². The standard InChI is InChI=1S/C16H23N3O4/c1-11(20)17-13-7-5-12(6-8-13)16(23)18-14(9-15(21)22)10-19(2,3)4/h5-8,14H,9-10H2,1-4H3,(H2-,17,18,20,21,22,23)/p+1/t14-/m1/s1. The molecule has 0 aromatic heterocycles. The van der Waals surface area contributed by atoms with Gasteiger partial charge in [-0.2, -0.15) is 0 Å². The topological polar surface area (TPSA) is 95.5 Å². The molecule has 1 aromatic rings. The molecule has 7 heteroatoms. The molecule has 0 radical (unpaired) electrons. The molecule has 23 heavy (non-hydrogen) atoms. The molecule has 0 aliphatic heterocycles. The summed E-state index contributed by atoms with van der Waals surface area (Å²) in [6.07, 6.45) is -0.134. The summed E-state index contributed by atoms with van der Waals surface area (Å²) in [5.41, 5.74) is 1.01. The van der Waals surface area contributed by atoms with E-state index in [1.807, 2.05) is 21.1 Å². The minimum absolute atomic E-state index is 0.134. The first-order valence-electron chi connectivity index (χ1n) is 7.27. The zero-order chi connectivity index (χ0) is 17.6. The molecule has 0 saturated heterocycles. The van der Waals surface area contributed by atoms with Crippen LogP contribution in [0, 0.1) is 0 Å². The zero-order valence-corrected chi connectivity index (χ0v) is 13.9. The lowest BCUT2D eigenvalue weighted by atomic mass is 10.1. The Hall–Kier alpha value is -2.41. The predicted molar refractivity (Wildman–Crippen MR) is 87.2 cm³/mol. The molecule has 3 N–H and O–H groups in total. The van der Waals surface area contributed by atoms with Gasteiger partial charge in [-0.05, 0) is 24.3 Å². The number of likely N-dealkylation sites (N-methyl/N-ethyl adjacent to an activating group) is 1. The number of carboxylic acid groups (broad SMARTS) is 1.